The van der Waals surface area contributed by atoms with Gasteiger partial charge < -0.3 is 0 Å². The van der Waals surface area contributed by atoms with Gasteiger partial charge in [0, 0.05) is 12.5 Å². The van der Waals surface area contributed by atoms with E-state index in [0.29, 0.717) is 10.8 Å². The van der Waals surface area contributed by atoms with Gasteiger partial charge in [0.25, 0.3) is 5.56 Å². The third-order valence-corrected chi connectivity index (χ3v) is 6.85. The number of carbonyl (C=O) groups is 1. The number of aromatic nitrogens is 6. The maximum atomic E-state index is 13.3. The van der Waals surface area contributed by atoms with Crippen LogP contribution in [-0.4, -0.2) is 40.6 Å². The van der Waals surface area contributed by atoms with Crippen molar-refractivity contribution in [3.05, 3.63) is 46.4 Å². The van der Waals surface area contributed by atoms with Crippen LogP contribution in [0.2, 0.25) is 0 Å². The minimum absolute atomic E-state index is 0.205. The highest BCUT2D eigenvalue weighted by molar-refractivity contribution is 8.00. The molecular formula is C20H24N6O2S. The normalized spacial score (nSPS) is 18.9. The molecule has 0 radical (unpaired) electrons. The number of benzene rings is 1. The number of tetrazole rings is 1. The zero-order valence-corrected chi connectivity index (χ0v) is 17.8. The van der Waals surface area contributed by atoms with Crippen LogP contribution in [-0.2, 0) is 11.8 Å². The van der Waals surface area contributed by atoms with Gasteiger partial charge in [0.05, 0.1) is 16.6 Å². The van der Waals surface area contributed by atoms with Crippen molar-refractivity contribution in [2.45, 2.75) is 50.4 Å². The van der Waals surface area contributed by atoms with Crippen molar-refractivity contribution < 1.29 is 4.79 Å². The quantitative estimate of drug-likeness (QED) is 0.655. The van der Waals surface area contributed by atoms with Crippen LogP contribution in [0.5, 0.6) is 0 Å². The summed E-state index contributed by atoms with van der Waals surface area (Å²) in [5, 5.41) is 12.3. The first kappa shape index (κ1) is 19.6. The van der Waals surface area contributed by atoms with Gasteiger partial charge in [0.15, 0.2) is 11.5 Å². The summed E-state index contributed by atoms with van der Waals surface area (Å²) in [6, 6.07) is 9.44. The molecule has 29 heavy (non-hydrogen) atoms. The Kier molecular flexibility index (Phi) is 4.94. The van der Waals surface area contributed by atoms with E-state index in [-0.39, 0.29) is 22.0 Å². The number of Topliss-reactive ketones (excluding diaryl/α,β-unsaturated/α-hetero) is 1. The average molecular weight is 413 g/mol. The van der Waals surface area contributed by atoms with Crippen LogP contribution in [0.15, 0.2) is 40.3 Å². The molecular weight excluding hydrogens is 388 g/mol. The first-order valence-electron chi connectivity index (χ1n) is 9.65. The van der Waals surface area contributed by atoms with Crippen LogP contribution in [0, 0.1) is 12.3 Å². The summed E-state index contributed by atoms with van der Waals surface area (Å²) in [6.07, 6.45) is 2.68. The molecule has 2 aromatic heterocycles. The Morgan fingerprint density at radius 2 is 1.90 bits per heavy atom. The monoisotopic (exact) mass is 412 g/mol. The number of ketones is 1. The summed E-state index contributed by atoms with van der Waals surface area (Å²) in [7, 11) is 1.83. The summed E-state index contributed by atoms with van der Waals surface area (Å²) >= 11 is 1.35. The van der Waals surface area contributed by atoms with Gasteiger partial charge in [-0.2, -0.15) is 4.68 Å². The number of nitrogens with zero attached hydrogens (tertiary/aromatic N) is 6. The number of carbonyl (C=O) groups excluding carboxylic acids is 1. The van der Waals surface area contributed by atoms with Crippen LogP contribution in [0.4, 0.5) is 0 Å². The SMILES string of the molecule is Cc1c(-n2nnnc2SC2CCCC(C)(C)C2=O)c(=O)n(-c2ccccc2)n1C. The lowest BCUT2D eigenvalue weighted by molar-refractivity contribution is -0.128. The molecule has 2 heterocycles. The molecule has 1 aliphatic carbocycles. The van der Waals surface area contributed by atoms with Crippen molar-refractivity contribution in [2.75, 3.05) is 0 Å². The predicted molar refractivity (Wildman–Crippen MR) is 111 cm³/mol. The maximum absolute atomic E-state index is 13.3. The molecule has 0 spiro atoms. The Balaban J connectivity index is 1.74. The lowest BCUT2D eigenvalue weighted by Crippen LogP contribution is -2.37. The Labute approximate surface area is 172 Å². The predicted octanol–water partition coefficient (Wildman–Crippen LogP) is 2.70. The van der Waals surface area contributed by atoms with E-state index >= 15 is 0 Å². The molecule has 0 amide bonds. The third kappa shape index (κ3) is 3.33. The smallest absolute Gasteiger partial charge is 0.297 e. The molecule has 1 atom stereocenters. The summed E-state index contributed by atoms with van der Waals surface area (Å²) in [4.78, 5) is 26.1. The Hall–Kier alpha value is -2.68. The molecule has 1 fully saturated rings. The van der Waals surface area contributed by atoms with Gasteiger partial charge in [0.1, 0.15) is 0 Å². The first-order valence-corrected chi connectivity index (χ1v) is 10.5. The fraction of sp³-hybridized carbons (Fsp3) is 0.450. The highest BCUT2D eigenvalue weighted by Crippen LogP contribution is 2.39. The van der Waals surface area contributed by atoms with Crippen molar-refractivity contribution in [3.8, 4) is 11.4 Å². The molecule has 8 nitrogen and oxygen atoms in total. The van der Waals surface area contributed by atoms with Gasteiger partial charge in [-0.05, 0) is 42.3 Å². The van der Waals surface area contributed by atoms with E-state index in [1.54, 1.807) is 9.36 Å². The Morgan fingerprint density at radius 1 is 1.17 bits per heavy atom. The van der Waals surface area contributed by atoms with E-state index in [0.717, 1.165) is 30.6 Å². The van der Waals surface area contributed by atoms with Crippen molar-refractivity contribution in [1.29, 1.82) is 0 Å². The van der Waals surface area contributed by atoms with Crippen molar-refractivity contribution in [3.63, 3.8) is 0 Å². The topological polar surface area (TPSA) is 87.6 Å². The van der Waals surface area contributed by atoms with Gasteiger partial charge in [-0.3, -0.25) is 14.3 Å². The molecule has 0 saturated heterocycles. The van der Waals surface area contributed by atoms with Crippen LogP contribution >= 0.6 is 11.8 Å². The van der Waals surface area contributed by atoms with Crippen LogP contribution < -0.4 is 5.56 Å². The van der Waals surface area contributed by atoms with E-state index in [4.69, 9.17) is 0 Å². The third-order valence-electron chi connectivity index (χ3n) is 5.65. The molecule has 0 bridgehead atoms. The molecule has 1 saturated carbocycles. The fourth-order valence-corrected chi connectivity index (χ4v) is 5.13. The van der Waals surface area contributed by atoms with Crippen molar-refractivity contribution >= 4 is 17.5 Å². The fourth-order valence-electron chi connectivity index (χ4n) is 3.85. The molecule has 152 valence electrons. The van der Waals surface area contributed by atoms with E-state index in [2.05, 4.69) is 15.5 Å². The van der Waals surface area contributed by atoms with E-state index in [1.165, 1.54) is 16.4 Å². The standard InChI is InChI=1S/C20H24N6O2S/c1-13-16(18(28)26(24(13)4)14-9-6-5-7-10-14)25-19(21-22-23-25)29-15-11-8-12-20(2,3)17(15)27/h5-7,9-10,15H,8,11-12H2,1-4H3. The molecule has 4 rings (SSSR count). The molecule has 0 N–H and O–H groups in total. The molecule has 0 aliphatic heterocycles. The van der Waals surface area contributed by atoms with Gasteiger partial charge >= 0.3 is 0 Å². The highest BCUT2D eigenvalue weighted by Gasteiger charge is 2.38. The molecule has 9 heteroatoms. The Bertz CT molecular complexity index is 1110. The summed E-state index contributed by atoms with van der Waals surface area (Å²) in [5.41, 5.74) is 1.35. The van der Waals surface area contributed by atoms with Crippen molar-refractivity contribution in [1.82, 2.24) is 29.6 Å². The lowest BCUT2D eigenvalue weighted by atomic mass is 9.76. The summed E-state index contributed by atoms with van der Waals surface area (Å²) in [5.74, 6) is 0.217. The van der Waals surface area contributed by atoms with Crippen LogP contribution in [0.1, 0.15) is 38.8 Å². The number of thioether (sulfide) groups is 1. The minimum atomic E-state index is -0.336. The zero-order valence-electron chi connectivity index (χ0n) is 17.0. The van der Waals surface area contributed by atoms with Gasteiger partial charge in [-0.25, -0.2) is 4.68 Å². The van der Waals surface area contributed by atoms with Crippen LogP contribution in [0.3, 0.4) is 0 Å². The molecule has 3 aromatic rings. The van der Waals surface area contributed by atoms with Gasteiger partial charge in [-0.15, -0.1) is 5.10 Å². The second-order valence-corrected chi connectivity index (χ2v) is 9.20. The Morgan fingerprint density at radius 3 is 2.62 bits per heavy atom. The molecule has 1 aromatic carbocycles. The van der Waals surface area contributed by atoms with E-state index in [1.807, 2.05) is 58.2 Å². The summed E-state index contributed by atoms with van der Waals surface area (Å²) in [6.45, 7) is 5.84. The largest absolute Gasteiger partial charge is 0.298 e. The number of hydrogen-bond donors (Lipinski definition) is 0. The van der Waals surface area contributed by atoms with E-state index in [9.17, 15) is 9.59 Å². The second-order valence-electron chi connectivity index (χ2n) is 8.03. The van der Waals surface area contributed by atoms with Crippen molar-refractivity contribution in [2.24, 2.45) is 12.5 Å². The lowest BCUT2D eigenvalue weighted by Gasteiger charge is -2.32. The number of hydrogen-bond acceptors (Lipinski definition) is 6. The first-order chi connectivity index (χ1) is 13.8. The second kappa shape index (κ2) is 7.29. The molecule has 1 aliphatic rings. The summed E-state index contributed by atoms with van der Waals surface area (Å²) < 4.78 is 4.85. The van der Waals surface area contributed by atoms with Gasteiger partial charge in [0.2, 0.25) is 5.16 Å². The maximum Gasteiger partial charge on any atom is 0.297 e. The van der Waals surface area contributed by atoms with Gasteiger partial charge in [-0.1, -0.05) is 50.2 Å². The van der Waals surface area contributed by atoms with E-state index < -0.39 is 0 Å². The zero-order chi connectivity index (χ0) is 20.8. The number of rotatable bonds is 4. The molecule has 1 unspecified atom stereocenters. The average Bonchev–Trinajstić information content (AvgIpc) is 3.22. The highest BCUT2D eigenvalue weighted by atomic mass is 32.2. The van der Waals surface area contributed by atoms with Crippen LogP contribution in [0.25, 0.3) is 11.4 Å². The number of para-hydroxylation sites is 1. The minimum Gasteiger partial charge on any atom is -0.298 e.